The molecule has 1 N–H and O–H groups in total. The van der Waals surface area contributed by atoms with Crippen LogP contribution in [0.25, 0.3) is 0 Å². The smallest absolute Gasteiger partial charge is 0.475 e. The summed E-state index contributed by atoms with van der Waals surface area (Å²) >= 11 is 3.29. The average Bonchev–Trinajstić information content (AvgIpc) is 3.45. The molecule has 164 valence electrons. The van der Waals surface area contributed by atoms with Gasteiger partial charge in [0.05, 0.1) is 11.4 Å². The third-order valence-corrected chi connectivity index (χ3v) is 7.08. The van der Waals surface area contributed by atoms with Crippen molar-refractivity contribution >= 4 is 34.6 Å². The minimum Gasteiger partial charge on any atom is -0.475 e. The quantitative estimate of drug-likeness (QED) is 0.749. The molecule has 0 unspecified atom stereocenters. The summed E-state index contributed by atoms with van der Waals surface area (Å²) in [6.45, 7) is 5.09. The monoisotopic (exact) mass is 461 g/mol. The zero-order valence-corrected chi connectivity index (χ0v) is 17.7. The number of carboxylic acids is 1. The number of carbonyl (C=O) groups is 2. The Morgan fingerprint density at radius 2 is 1.80 bits per heavy atom. The van der Waals surface area contributed by atoms with E-state index in [1.807, 2.05) is 29.1 Å². The highest BCUT2D eigenvalue weighted by Crippen LogP contribution is 2.41. The lowest BCUT2D eigenvalue weighted by molar-refractivity contribution is -0.192. The van der Waals surface area contributed by atoms with E-state index >= 15 is 0 Å². The van der Waals surface area contributed by atoms with E-state index in [-0.39, 0.29) is 5.91 Å². The third-order valence-electron chi connectivity index (χ3n) is 5.46. The second kappa shape index (κ2) is 9.44. The van der Waals surface area contributed by atoms with Gasteiger partial charge in [0, 0.05) is 24.7 Å². The van der Waals surface area contributed by atoms with Crippen LogP contribution in [0.1, 0.15) is 33.9 Å². The fourth-order valence-corrected chi connectivity index (χ4v) is 5.13. The number of aromatic nitrogens is 1. The number of amides is 1. The van der Waals surface area contributed by atoms with Gasteiger partial charge in [0.15, 0.2) is 0 Å². The molecule has 30 heavy (non-hydrogen) atoms. The number of aliphatic carboxylic acids is 1. The minimum absolute atomic E-state index is 0.224. The van der Waals surface area contributed by atoms with Crippen molar-refractivity contribution in [1.29, 1.82) is 0 Å². The summed E-state index contributed by atoms with van der Waals surface area (Å²) in [5, 5.41) is 12.4. The molecule has 6 nitrogen and oxygen atoms in total. The number of hydrogen-bond acceptors (Lipinski definition) is 6. The Bertz CT molecular complexity index is 833. The van der Waals surface area contributed by atoms with Crippen molar-refractivity contribution in [1.82, 2.24) is 14.8 Å². The van der Waals surface area contributed by atoms with Gasteiger partial charge in [-0.15, -0.1) is 22.7 Å². The first kappa shape index (κ1) is 22.7. The number of thiazole rings is 1. The van der Waals surface area contributed by atoms with Gasteiger partial charge in [-0.2, -0.15) is 13.2 Å². The number of thiophene rings is 1. The van der Waals surface area contributed by atoms with E-state index < -0.39 is 12.1 Å². The van der Waals surface area contributed by atoms with Gasteiger partial charge >= 0.3 is 12.1 Å². The van der Waals surface area contributed by atoms with Gasteiger partial charge in [0.1, 0.15) is 5.01 Å². The normalized spacial score (nSPS) is 18.8. The number of carbonyl (C=O) groups excluding carboxylic acids is 1. The lowest BCUT2D eigenvalue weighted by Gasteiger charge is -2.39. The Labute approximate surface area is 179 Å². The molecular weight excluding hydrogens is 439 g/mol. The molecule has 2 saturated heterocycles. The van der Waals surface area contributed by atoms with Crippen LogP contribution in [0, 0.1) is 5.41 Å². The molecule has 0 aromatic carbocycles. The molecule has 0 saturated carbocycles. The highest BCUT2D eigenvalue weighted by atomic mass is 32.1. The van der Waals surface area contributed by atoms with E-state index in [0.29, 0.717) is 5.41 Å². The number of hydrogen-bond donors (Lipinski definition) is 1. The van der Waals surface area contributed by atoms with Crippen LogP contribution in [0.2, 0.25) is 0 Å². The van der Waals surface area contributed by atoms with Crippen molar-refractivity contribution in [2.75, 3.05) is 26.2 Å². The number of carboxylic acid groups (broad SMARTS) is 1. The van der Waals surface area contributed by atoms with Crippen molar-refractivity contribution in [3.05, 3.63) is 39.0 Å². The van der Waals surface area contributed by atoms with Crippen LogP contribution < -0.4 is 0 Å². The van der Waals surface area contributed by atoms with Crippen LogP contribution in [0.15, 0.2) is 29.1 Å². The zero-order chi connectivity index (χ0) is 21.8. The Hall–Kier alpha value is -1.98. The molecule has 2 fully saturated rings. The first-order valence-electron chi connectivity index (χ1n) is 9.42. The van der Waals surface area contributed by atoms with Crippen molar-refractivity contribution in [3.63, 3.8) is 0 Å². The molecule has 2 aromatic heterocycles. The summed E-state index contributed by atoms with van der Waals surface area (Å²) < 4.78 is 31.7. The molecule has 1 amide bonds. The highest BCUT2D eigenvalue weighted by molar-refractivity contribution is 7.12. The Morgan fingerprint density at radius 1 is 1.13 bits per heavy atom. The standard InChI is InChI=1S/C17H21N3OS2.C2HF3O2/c21-16(14-2-1-10-22-14)20-9-5-17(13-20)3-7-19(8-4-17)12-15-18-6-11-23-15;3-2(4,5)1(6)7/h1-2,6,10-11H,3-5,7-9,12-13H2;(H,6,7). The van der Waals surface area contributed by atoms with Crippen molar-refractivity contribution in [2.45, 2.75) is 32.0 Å². The van der Waals surface area contributed by atoms with Crippen LogP contribution in [0.4, 0.5) is 13.2 Å². The predicted octanol–water partition coefficient (Wildman–Crippen LogP) is 3.97. The van der Waals surface area contributed by atoms with E-state index in [1.165, 1.54) is 17.8 Å². The van der Waals surface area contributed by atoms with Crippen LogP contribution >= 0.6 is 22.7 Å². The van der Waals surface area contributed by atoms with Crippen molar-refractivity contribution in [2.24, 2.45) is 5.41 Å². The molecule has 2 aliphatic heterocycles. The number of halogens is 3. The third kappa shape index (κ3) is 5.79. The highest BCUT2D eigenvalue weighted by Gasteiger charge is 2.42. The van der Waals surface area contributed by atoms with Crippen molar-refractivity contribution in [3.8, 4) is 0 Å². The molecule has 0 atom stereocenters. The number of rotatable bonds is 3. The van der Waals surface area contributed by atoms with E-state index in [1.54, 1.807) is 22.7 Å². The molecule has 4 rings (SSSR count). The number of nitrogens with zero attached hydrogens (tertiary/aromatic N) is 3. The lowest BCUT2D eigenvalue weighted by atomic mass is 9.78. The van der Waals surface area contributed by atoms with Gasteiger partial charge < -0.3 is 10.0 Å². The summed E-state index contributed by atoms with van der Waals surface area (Å²) in [4.78, 5) is 31.3. The van der Waals surface area contributed by atoms with E-state index in [2.05, 4.69) is 14.8 Å². The van der Waals surface area contributed by atoms with Crippen LogP contribution in [-0.4, -0.2) is 64.1 Å². The Balaban J connectivity index is 0.000000318. The topological polar surface area (TPSA) is 73.7 Å². The maximum absolute atomic E-state index is 12.5. The summed E-state index contributed by atoms with van der Waals surface area (Å²) in [6.07, 6.45) is 0.366. The van der Waals surface area contributed by atoms with Gasteiger partial charge in [-0.1, -0.05) is 6.07 Å². The Morgan fingerprint density at radius 3 is 2.33 bits per heavy atom. The fourth-order valence-electron chi connectivity index (χ4n) is 3.78. The van der Waals surface area contributed by atoms with Gasteiger partial charge in [-0.05, 0) is 49.2 Å². The molecule has 2 aromatic rings. The Kier molecular flexibility index (Phi) is 7.14. The maximum Gasteiger partial charge on any atom is 0.490 e. The van der Waals surface area contributed by atoms with Crippen molar-refractivity contribution < 1.29 is 27.9 Å². The van der Waals surface area contributed by atoms with Gasteiger partial charge in [0.25, 0.3) is 5.91 Å². The van der Waals surface area contributed by atoms with Crippen LogP contribution in [0.3, 0.4) is 0 Å². The zero-order valence-electron chi connectivity index (χ0n) is 16.1. The molecule has 0 bridgehead atoms. The molecule has 1 spiro atoms. The second-order valence-electron chi connectivity index (χ2n) is 7.46. The minimum atomic E-state index is -5.08. The molecule has 4 heterocycles. The number of alkyl halides is 3. The largest absolute Gasteiger partial charge is 0.490 e. The summed E-state index contributed by atoms with van der Waals surface area (Å²) in [6, 6.07) is 3.90. The van der Waals surface area contributed by atoms with E-state index in [0.717, 1.165) is 44.0 Å². The second-order valence-corrected chi connectivity index (χ2v) is 9.39. The first-order valence-corrected chi connectivity index (χ1v) is 11.2. The molecule has 2 aliphatic rings. The molecule has 0 aliphatic carbocycles. The van der Waals surface area contributed by atoms with E-state index in [4.69, 9.17) is 9.90 Å². The number of likely N-dealkylation sites (tertiary alicyclic amines) is 2. The fraction of sp³-hybridized carbons (Fsp3) is 0.526. The van der Waals surface area contributed by atoms with Crippen LogP contribution in [0.5, 0.6) is 0 Å². The molecular formula is C19H22F3N3O3S2. The lowest BCUT2D eigenvalue weighted by Crippen LogP contribution is -2.41. The summed E-state index contributed by atoms with van der Waals surface area (Å²) in [5.74, 6) is -2.53. The first-order chi connectivity index (χ1) is 14.2. The number of piperidine rings is 1. The van der Waals surface area contributed by atoms with Gasteiger partial charge in [0.2, 0.25) is 0 Å². The predicted molar refractivity (Wildman–Crippen MR) is 108 cm³/mol. The SMILES string of the molecule is O=C(O)C(F)(F)F.O=C(c1cccs1)N1CCC2(CCN(Cc3nccs3)CC2)C1. The maximum atomic E-state index is 12.5. The van der Waals surface area contributed by atoms with Gasteiger partial charge in [-0.25, -0.2) is 9.78 Å². The summed E-state index contributed by atoms with van der Waals surface area (Å²) in [5.41, 5.74) is 0.353. The molecule has 0 radical (unpaired) electrons. The van der Waals surface area contributed by atoms with Crippen LogP contribution in [-0.2, 0) is 11.3 Å². The van der Waals surface area contributed by atoms with E-state index in [9.17, 15) is 18.0 Å². The van der Waals surface area contributed by atoms with Gasteiger partial charge in [-0.3, -0.25) is 9.69 Å². The average molecular weight is 462 g/mol. The summed E-state index contributed by atoms with van der Waals surface area (Å²) in [7, 11) is 0. The molecule has 11 heteroatoms.